The molecule has 0 atom stereocenters. The van der Waals surface area contributed by atoms with Crippen molar-refractivity contribution in [1.29, 1.82) is 0 Å². The van der Waals surface area contributed by atoms with Crippen molar-refractivity contribution in [2.75, 3.05) is 0 Å². The highest BCUT2D eigenvalue weighted by atomic mass is 16.4. The van der Waals surface area contributed by atoms with E-state index in [1.165, 1.54) is 0 Å². The fraction of sp³-hybridized carbons (Fsp3) is 0.250. The molecule has 3 heteroatoms. The van der Waals surface area contributed by atoms with Gasteiger partial charge in [-0.1, -0.05) is 24.8 Å². The number of benzene rings is 1. The first-order valence-electron chi connectivity index (χ1n) is 4.79. The van der Waals surface area contributed by atoms with Gasteiger partial charge in [0.1, 0.15) is 5.75 Å². The molecule has 0 aromatic heterocycles. The molecular formula is C12H14O3. The van der Waals surface area contributed by atoms with Gasteiger partial charge in [0.2, 0.25) is 0 Å². The Hall–Kier alpha value is -1.77. The fourth-order valence-corrected chi connectivity index (χ4v) is 1.32. The van der Waals surface area contributed by atoms with Crippen LogP contribution in [0.2, 0.25) is 0 Å². The minimum atomic E-state index is -0.952. The van der Waals surface area contributed by atoms with Crippen LogP contribution < -0.4 is 0 Å². The summed E-state index contributed by atoms with van der Waals surface area (Å²) in [6, 6.07) is 7.07. The molecule has 1 aromatic rings. The van der Waals surface area contributed by atoms with E-state index in [1.807, 2.05) is 12.1 Å². The smallest absolute Gasteiger partial charge is 0.330 e. The Morgan fingerprint density at radius 2 is 2.00 bits per heavy atom. The SMILES string of the molecule is C=C(CCCc1ccccc1O)C(=O)O. The first-order valence-corrected chi connectivity index (χ1v) is 4.79. The Morgan fingerprint density at radius 1 is 1.33 bits per heavy atom. The van der Waals surface area contributed by atoms with Gasteiger partial charge < -0.3 is 10.2 Å². The summed E-state index contributed by atoms with van der Waals surface area (Å²) in [5.74, 6) is -0.689. The minimum Gasteiger partial charge on any atom is -0.508 e. The third-order valence-corrected chi connectivity index (χ3v) is 2.22. The van der Waals surface area contributed by atoms with Crippen molar-refractivity contribution >= 4 is 5.97 Å². The lowest BCUT2D eigenvalue weighted by Gasteiger charge is -2.03. The largest absolute Gasteiger partial charge is 0.508 e. The van der Waals surface area contributed by atoms with E-state index in [1.54, 1.807) is 12.1 Å². The van der Waals surface area contributed by atoms with Crippen LogP contribution >= 0.6 is 0 Å². The summed E-state index contributed by atoms with van der Waals surface area (Å²) in [4.78, 5) is 10.5. The lowest BCUT2D eigenvalue weighted by atomic mass is 10.0. The van der Waals surface area contributed by atoms with Gasteiger partial charge in [0.05, 0.1) is 0 Å². The van der Waals surface area contributed by atoms with E-state index >= 15 is 0 Å². The molecule has 15 heavy (non-hydrogen) atoms. The van der Waals surface area contributed by atoms with E-state index in [0.717, 1.165) is 5.56 Å². The maximum atomic E-state index is 10.5. The van der Waals surface area contributed by atoms with Gasteiger partial charge in [-0.2, -0.15) is 0 Å². The van der Waals surface area contributed by atoms with Crippen molar-refractivity contribution in [3.05, 3.63) is 42.0 Å². The van der Waals surface area contributed by atoms with Gasteiger partial charge in [0, 0.05) is 5.57 Å². The summed E-state index contributed by atoms with van der Waals surface area (Å²) in [6.07, 6.45) is 1.80. The van der Waals surface area contributed by atoms with E-state index < -0.39 is 5.97 Å². The lowest BCUT2D eigenvalue weighted by Crippen LogP contribution is -1.99. The summed E-state index contributed by atoms with van der Waals surface area (Å²) in [7, 11) is 0. The van der Waals surface area contributed by atoms with Crippen molar-refractivity contribution in [1.82, 2.24) is 0 Å². The zero-order chi connectivity index (χ0) is 11.3. The number of phenols is 1. The van der Waals surface area contributed by atoms with Gasteiger partial charge >= 0.3 is 5.97 Å². The van der Waals surface area contributed by atoms with Crippen LogP contribution in [0.3, 0.4) is 0 Å². The minimum absolute atomic E-state index is 0.213. The molecule has 0 amide bonds. The zero-order valence-electron chi connectivity index (χ0n) is 8.44. The molecule has 0 bridgehead atoms. The van der Waals surface area contributed by atoms with Crippen LogP contribution in [0.4, 0.5) is 0 Å². The molecule has 0 aliphatic carbocycles. The monoisotopic (exact) mass is 206 g/mol. The Balaban J connectivity index is 2.42. The summed E-state index contributed by atoms with van der Waals surface area (Å²) in [6.45, 7) is 3.45. The second-order valence-electron chi connectivity index (χ2n) is 3.39. The highest BCUT2D eigenvalue weighted by Gasteiger charge is 2.04. The van der Waals surface area contributed by atoms with Gasteiger partial charge in [-0.3, -0.25) is 0 Å². The van der Waals surface area contributed by atoms with Gasteiger partial charge in [-0.25, -0.2) is 4.79 Å². The molecule has 2 N–H and O–H groups in total. The molecule has 0 saturated heterocycles. The van der Waals surface area contributed by atoms with Gasteiger partial charge in [-0.15, -0.1) is 0 Å². The molecule has 0 saturated carbocycles. The number of hydrogen-bond acceptors (Lipinski definition) is 2. The summed E-state index contributed by atoms with van der Waals surface area (Å²) >= 11 is 0. The molecule has 0 spiro atoms. The number of carboxylic acids is 1. The molecule has 0 fully saturated rings. The predicted octanol–water partition coefficient (Wildman–Crippen LogP) is 2.36. The number of phenolic OH excluding ortho intramolecular Hbond substituents is 1. The third-order valence-electron chi connectivity index (χ3n) is 2.22. The molecule has 0 aliphatic rings. The van der Waals surface area contributed by atoms with Crippen LogP contribution in [0.25, 0.3) is 0 Å². The number of carboxylic acid groups (broad SMARTS) is 1. The molecule has 0 aliphatic heterocycles. The van der Waals surface area contributed by atoms with E-state index in [2.05, 4.69) is 6.58 Å². The molecule has 3 nitrogen and oxygen atoms in total. The van der Waals surface area contributed by atoms with E-state index in [0.29, 0.717) is 19.3 Å². The number of aryl methyl sites for hydroxylation is 1. The Kier molecular flexibility index (Phi) is 3.92. The first-order chi connectivity index (χ1) is 7.11. The topological polar surface area (TPSA) is 57.5 Å². The number of carbonyl (C=O) groups is 1. The number of para-hydroxylation sites is 1. The summed E-state index contributed by atoms with van der Waals surface area (Å²) < 4.78 is 0. The fourth-order valence-electron chi connectivity index (χ4n) is 1.32. The van der Waals surface area contributed by atoms with Crippen LogP contribution in [0.15, 0.2) is 36.4 Å². The number of aromatic hydroxyl groups is 1. The predicted molar refractivity (Wildman–Crippen MR) is 57.8 cm³/mol. The van der Waals surface area contributed by atoms with Crippen molar-refractivity contribution in [2.45, 2.75) is 19.3 Å². The normalized spacial score (nSPS) is 9.87. The van der Waals surface area contributed by atoms with Gasteiger partial charge in [-0.05, 0) is 30.9 Å². The highest BCUT2D eigenvalue weighted by Crippen LogP contribution is 2.18. The van der Waals surface area contributed by atoms with E-state index in [4.69, 9.17) is 5.11 Å². The van der Waals surface area contributed by atoms with Crippen LogP contribution in [0.5, 0.6) is 5.75 Å². The van der Waals surface area contributed by atoms with Crippen molar-refractivity contribution in [3.63, 3.8) is 0 Å². The number of aliphatic carboxylic acids is 1. The van der Waals surface area contributed by atoms with Crippen molar-refractivity contribution in [3.8, 4) is 5.75 Å². The lowest BCUT2D eigenvalue weighted by molar-refractivity contribution is -0.132. The maximum absolute atomic E-state index is 10.5. The Morgan fingerprint density at radius 3 is 2.60 bits per heavy atom. The van der Waals surface area contributed by atoms with Crippen LogP contribution in [-0.2, 0) is 11.2 Å². The average molecular weight is 206 g/mol. The first kappa shape index (κ1) is 11.3. The van der Waals surface area contributed by atoms with Gasteiger partial charge in [0.15, 0.2) is 0 Å². The number of hydrogen-bond donors (Lipinski definition) is 2. The van der Waals surface area contributed by atoms with Crippen molar-refractivity contribution < 1.29 is 15.0 Å². The van der Waals surface area contributed by atoms with Crippen molar-refractivity contribution in [2.24, 2.45) is 0 Å². The molecule has 0 radical (unpaired) electrons. The molecule has 0 unspecified atom stereocenters. The van der Waals surface area contributed by atoms with Gasteiger partial charge in [0.25, 0.3) is 0 Å². The standard InChI is InChI=1S/C12H14O3/c1-9(12(14)15)5-4-7-10-6-2-3-8-11(10)13/h2-3,6,8,13H,1,4-5,7H2,(H,14,15). The molecule has 1 rings (SSSR count). The molecule has 80 valence electrons. The Labute approximate surface area is 88.7 Å². The Bertz CT molecular complexity index is 369. The average Bonchev–Trinajstić information content (AvgIpc) is 2.20. The summed E-state index contributed by atoms with van der Waals surface area (Å²) in [5, 5.41) is 18.0. The molecular weight excluding hydrogens is 192 g/mol. The quantitative estimate of drug-likeness (QED) is 0.727. The zero-order valence-corrected chi connectivity index (χ0v) is 8.44. The second-order valence-corrected chi connectivity index (χ2v) is 3.39. The van der Waals surface area contributed by atoms with Crippen LogP contribution in [-0.4, -0.2) is 16.2 Å². The molecule has 0 heterocycles. The second kappa shape index (κ2) is 5.20. The third kappa shape index (κ3) is 3.46. The van der Waals surface area contributed by atoms with E-state index in [-0.39, 0.29) is 11.3 Å². The molecule has 1 aromatic carbocycles. The highest BCUT2D eigenvalue weighted by molar-refractivity contribution is 5.85. The summed E-state index contributed by atoms with van der Waals surface area (Å²) in [5.41, 5.74) is 1.06. The number of rotatable bonds is 5. The van der Waals surface area contributed by atoms with Crippen LogP contribution in [0, 0.1) is 0 Å². The maximum Gasteiger partial charge on any atom is 0.330 e. The van der Waals surface area contributed by atoms with E-state index in [9.17, 15) is 9.90 Å². The van der Waals surface area contributed by atoms with Crippen LogP contribution in [0.1, 0.15) is 18.4 Å².